The maximum atomic E-state index is 11.7. The third kappa shape index (κ3) is 4.04. The zero-order valence-corrected chi connectivity index (χ0v) is 11.0. The van der Waals surface area contributed by atoms with Gasteiger partial charge in [-0.05, 0) is 18.8 Å². The van der Waals surface area contributed by atoms with Crippen molar-refractivity contribution in [3.8, 4) is 0 Å². The first-order valence-corrected chi connectivity index (χ1v) is 6.59. The number of carbonyl (C=O) groups is 2. The molecule has 0 spiro atoms. The second-order valence-corrected chi connectivity index (χ2v) is 4.99. The number of rotatable bonds is 3. The molecule has 0 saturated heterocycles. The summed E-state index contributed by atoms with van der Waals surface area (Å²) in [7, 11) is 0. The van der Waals surface area contributed by atoms with Crippen molar-refractivity contribution in [3.63, 3.8) is 0 Å². The first-order valence-electron chi connectivity index (χ1n) is 6.59. The topological polar surface area (TPSA) is 88.9 Å². The van der Waals surface area contributed by atoms with E-state index in [0.29, 0.717) is 5.92 Å². The Morgan fingerprint density at radius 3 is 2.84 bits per heavy atom. The van der Waals surface area contributed by atoms with Crippen molar-refractivity contribution < 1.29 is 9.59 Å². The van der Waals surface area contributed by atoms with E-state index in [1.165, 1.54) is 17.3 Å². The Hall–Kier alpha value is -1.92. The molecule has 7 heteroatoms. The van der Waals surface area contributed by atoms with Gasteiger partial charge in [-0.2, -0.15) is 0 Å². The van der Waals surface area contributed by atoms with Crippen LogP contribution in [0.4, 0.5) is 4.79 Å². The minimum atomic E-state index is -0.427. The fourth-order valence-corrected chi connectivity index (χ4v) is 2.37. The average Bonchev–Trinajstić information content (AvgIpc) is 2.84. The van der Waals surface area contributed by atoms with Crippen LogP contribution in [-0.2, 0) is 11.3 Å². The normalized spacial score (nSPS) is 22.8. The standard InChI is InChI=1S/C12H19N5O2/c1-9-4-2-3-5-10(9)14-12(19)15-11(18)8-17-7-6-13-16-17/h6-7,9-10H,2-5,8H2,1H3,(H2,14,15,18,19)/t9-,10+/m0/s1. The van der Waals surface area contributed by atoms with Crippen molar-refractivity contribution in [2.45, 2.75) is 45.2 Å². The molecule has 7 nitrogen and oxygen atoms in total. The number of hydrogen-bond acceptors (Lipinski definition) is 4. The lowest BCUT2D eigenvalue weighted by Crippen LogP contribution is -2.48. The van der Waals surface area contributed by atoms with Crippen molar-refractivity contribution in [2.75, 3.05) is 0 Å². The molecule has 1 fully saturated rings. The van der Waals surface area contributed by atoms with E-state index >= 15 is 0 Å². The highest BCUT2D eigenvalue weighted by Crippen LogP contribution is 2.23. The molecule has 0 unspecified atom stereocenters. The fourth-order valence-electron chi connectivity index (χ4n) is 2.37. The summed E-state index contributed by atoms with van der Waals surface area (Å²) >= 11 is 0. The van der Waals surface area contributed by atoms with Gasteiger partial charge in [0.15, 0.2) is 0 Å². The number of nitrogens with zero attached hydrogens (tertiary/aromatic N) is 3. The molecular weight excluding hydrogens is 246 g/mol. The molecule has 1 heterocycles. The third-order valence-corrected chi connectivity index (χ3v) is 3.46. The third-order valence-electron chi connectivity index (χ3n) is 3.46. The molecule has 1 aromatic heterocycles. The molecule has 2 N–H and O–H groups in total. The summed E-state index contributed by atoms with van der Waals surface area (Å²) in [6, 6.07) is -0.267. The van der Waals surface area contributed by atoms with E-state index in [4.69, 9.17) is 0 Å². The van der Waals surface area contributed by atoms with Crippen LogP contribution in [0.2, 0.25) is 0 Å². The van der Waals surface area contributed by atoms with Crippen molar-refractivity contribution in [1.82, 2.24) is 25.6 Å². The second kappa shape index (κ2) is 6.31. The van der Waals surface area contributed by atoms with Gasteiger partial charge in [-0.25, -0.2) is 9.48 Å². The molecule has 1 saturated carbocycles. The van der Waals surface area contributed by atoms with Crippen molar-refractivity contribution >= 4 is 11.9 Å². The van der Waals surface area contributed by atoms with E-state index in [1.54, 1.807) is 6.20 Å². The number of aromatic nitrogens is 3. The number of urea groups is 1. The summed E-state index contributed by atoms with van der Waals surface area (Å²) in [6.07, 6.45) is 7.50. The van der Waals surface area contributed by atoms with E-state index in [2.05, 4.69) is 27.9 Å². The maximum absolute atomic E-state index is 11.7. The molecule has 0 radical (unpaired) electrons. The van der Waals surface area contributed by atoms with Gasteiger partial charge in [0.05, 0.1) is 6.20 Å². The summed E-state index contributed by atoms with van der Waals surface area (Å²) in [5, 5.41) is 12.4. The van der Waals surface area contributed by atoms with Crippen LogP contribution in [0.5, 0.6) is 0 Å². The second-order valence-electron chi connectivity index (χ2n) is 4.99. The van der Waals surface area contributed by atoms with Crippen LogP contribution in [0, 0.1) is 5.92 Å². The molecule has 104 valence electrons. The van der Waals surface area contributed by atoms with Gasteiger partial charge >= 0.3 is 6.03 Å². The zero-order chi connectivity index (χ0) is 13.7. The first kappa shape index (κ1) is 13.5. The van der Waals surface area contributed by atoms with Crippen LogP contribution >= 0.6 is 0 Å². The predicted molar refractivity (Wildman–Crippen MR) is 68.1 cm³/mol. The SMILES string of the molecule is C[C@H]1CCCC[C@H]1NC(=O)NC(=O)Cn1ccnn1. The van der Waals surface area contributed by atoms with Crippen molar-refractivity contribution in [2.24, 2.45) is 5.92 Å². The monoisotopic (exact) mass is 265 g/mol. The van der Waals surface area contributed by atoms with Gasteiger partial charge in [0, 0.05) is 12.2 Å². The predicted octanol–water partition coefficient (Wildman–Crippen LogP) is 0.683. The minimum absolute atomic E-state index is 0.00631. The highest BCUT2D eigenvalue weighted by atomic mass is 16.2. The number of nitrogens with one attached hydrogen (secondary N) is 2. The molecule has 0 bridgehead atoms. The molecule has 1 aromatic rings. The number of carbonyl (C=O) groups excluding carboxylic acids is 2. The molecular formula is C12H19N5O2. The van der Waals surface area contributed by atoms with Gasteiger partial charge in [0.1, 0.15) is 6.54 Å². The maximum Gasteiger partial charge on any atom is 0.321 e. The molecule has 19 heavy (non-hydrogen) atoms. The van der Waals surface area contributed by atoms with E-state index < -0.39 is 11.9 Å². The molecule has 1 aliphatic rings. The lowest BCUT2D eigenvalue weighted by Gasteiger charge is -2.29. The molecule has 2 rings (SSSR count). The Bertz CT molecular complexity index is 431. The van der Waals surface area contributed by atoms with Gasteiger partial charge in [-0.1, -0.05) is 25.0 Å². The van der Waals surface area contributed by atoms with Gasteiger partial charge in [-0.3, -0.25) is 10.1 Å². The number of amides is 3. The smallest absolute Gasteiger partial charge is 0.321 e. The van der Waals surface area contributed by atoms with Crippen molar-refractivity contribution in [1.29, 1.82) is 0 Å². The van der Waals surface area contributed by atoms with Crippen LogP contribution in [0.1, 0.15) is 32.6 Å². The summed E-state index contributed by atoms with van der Waals surface area (Å²) in [6.45, 7) is 2.12. The zero-order valence-electron chi connectivity index (χ0n) is 11.0. The minimum Gasteiger partial charge on any atom is -0.335 e. The summed E-state index contributed by atoms with van der Waals surface area (Å²) in [5.41, 5.74) is 0. The Morgan fingerprint density at radius 2 is 2.16 bits per heavy atom. The van der Waals surface area contributed by atoms with Crippen LogP contribution < -0.4 is 10.6 Å². The Morgan fingerprint density at radius 1 is 1.37 bits per heavy atom. The van der Waals surface area contributed by atoms with Gasteiger partial charge in [-0.15, -0.1) is 5.10 Å². The van der Waals surface area contributed by atoms with Gasteiger partial charge in [0.2, 0.25) is 5.91 Å². The molecule has 3 amide bonds. The Labute approximate surface area is 111 Å². The average molecular weight is 265 g/mol. The Balaban J connectivity index is 1.75. The Kier molecular flexibility index (Phi) is 4.48. The largest absolute Gasteiger partial charge is 0.335 e. The lowest BCUT2D eigenvalue weighted by molar-refractivity contribution is -0.120. The van der Waals surface area contributed by atoms with Crippen LogP contribution in [0.3, 0.4) is 0 Å². The van der Waals surface area contributed by atoms with E-state index in [0.717, 1.165) is 19.3 Å². The van der Waals surface area contributed by atoms with Crippen LogP contribution in [-0.4, -0.2) is 33.0 Å². The quantitative estimate of drug-likeness (QED) is 0.841. The van der Waals surface area contributed by atoms with E-state index in [-0.39, 0.29) is 12.6 Å². The molecule has 0 aliphatic heterocycles. The van der Waals surface area contributed by atoms with Gasteiger partial charge < -0.3 is 5.32 Å². The summed E-state index contributed by atoms with van der Waals surface area (Å²) in [4.78, 5) is 23.3. The van der Waals surface area contributed by atoms with Gasteiger partial charge in [0.25, 0.3) is 0 Å². The van der Waals surface area contributed by atoms with Crippen LogP contribution in [0.15, 0.2) is 12.4 Å². The summed E-state index contributed by atoms with van der Waals surface area (Å²) < 4.78 is 1.37. The van der Waals surface area contributed by atoms with E-state index in [9.17, 15) is 9.59 Å². The molecule has 2 atom stereocenters. The fraction of sp³-hybridized carbons (Fsp3) is 0.667. The number of imide groups is 1. The van der Waals surface area contributed by atoms with Crippen LogP contribution in [0.25, 0.3) is 0 Å². The molecule has 1 aliphatic carbocycles. The highest BCUT2D eigenvalue weighted by Gasteiger charge is 2.23. The summed E-state index contributed by atoms with van der Waals surface area (Å²) in [5.74, 6) is 0.0661. The molecule has 0 aromatic carbocycles. The first-order chi connectivity index (χ1) is 9.15. The number of hydrogen-bond donors (Lipinski definition) is 2. The van der Waals surface area contributed by atoms with E-state index in [1.807, 2.05) is 0 Å². The van der Waals surface area contributed by atoms with Crippen molar-refractivity contribution in [3.05, 3.63) is 12.4 Å². The lowest BCUT2D eigenvalue weighted by atomic mass is 9.86. The highest BCUT2D eigenvalue weighted by molar-refractivity contribution is 5.94.